The summed E-state index contributed by atoms with van der Waals surface area (Å²) >= 11 is 0. The molecule has 0 spiro atoms. The standard InChI is InChI=1S/C52H79N11O19/c1-6-27(4)43(62-48(78)34(17-22-42(72)73)57-45(75)31(55-5)14-19-39(66)67)52(82)63-23-7-8-37(63)51(81)59-33(16-21-41(70)71)46(76)58-32(15-20-40(68)69)47(77)61-36(25-28-9-11-29(64)12-10-28)50(80)60-35(24-26(2)3)49(79)56-30(44(54)74)13-18-38(53)65/h9-12,26-27,30-37,43,55,64H,6-8,13-25H2,1-5H3,(H2,53,65)(H2,54,74)(H,56,79)(H,57,75)(H,58,76)(H,59,81)(H,60,80)(H,61,77)(H,62,78)(H,66,67)(H,68,69)(H,70,71)(H,72,73). The number of nitrogens with two attached hydrogens (primary N) is 2. The number of carboxylic acid groups (broad SMARTS) is 4. The summed E-state index contributed by atoms with van der Waals surface area (Å²) in [7, 11) is 1.38. The highest BCUT2D eigenvalue weighted by atomic mass is 16.4. The van der Waals surface area contributed by atoms with Crippen LogP contribution in [0.3, 0.4) is 0 Å². The van der Waals surface area contributed by atoms with Crippen LogP contribution in [0.5, 0.6) is 5.75 Å². The number of aromatic hydroxyl groups is 1. The van der Waals surface area contributed by atoms with Crippen LogP contribution in [0.15, 0.2) is 24.3 Å². The fraction of sp³-hybridized carbons (Fsp3) is 0.615. The number of carbonyl (C=O) groups excluding carboxylic acids is 10. The van der Waals surface area contributed by atoms with Gasteiger partial charge in [0.2, 0.25) is 59.1 Å². The molecule has 456 valence electrons. The van der Waals surface area contributed by atoms with Crippen LogP contribution in [-0.2, 0) is 73.5 Å². The Hall–Kier alpha value is -8.44. The molecule has 10 unspecified atom stereocenters. The van der Waals surface area contributed by atoms with Crippen LogP contribution in [0.2, 0.25) is 0 Å². The molecular formula is C52H79N11O19. The molecule has 30 nitrogen and oxygen atoms in total. The van der Waals surface area contributed by atoms with Gasteiger partial charge in [-0.05, 0) is 87.9 Å². The van der Waals surface area contributed by atoms with Crippen molar-refractivity contribution >= 4 is 82.9 Å². The van der Waals surface area contributed by atoms with E-state index in [-0.39, 0.29) is 69.6 Å². The Bertz CT molecular complexity index is 2460. The van der Waals surface area contributed by atoms with Crippen LogP contribution in [0.1, 0.15) is 123 Å². The van der Waals surface area contributed by atoms with Crippen molar-refractivity contribution in [2.24, 2.45) is 23.3 Å². The second-order valence-electron chi connectivity index (χ2n) is 20.4. The molecule has 30 heteroatoms. The molecule has 1 aromatic carbocycles. The minimum absolute atomic E-state index is 0.000110. The summed E-state index contributed by atoms with van der Waals surface area (Å²) in [6, 6.07) is -7.89. The Morgan fingerprint density at radius 3 is 1.40 bits per heavy atom. The van der Waals surface area contributed by atoms with Crippen molar-refractivity contribution in [3.63, 3.8) is 0 Å². The molecule has 0 bridgehead atoms. The zero-order valence-electron chi connectivity index (χ0n) is 46.5. The number of phenols is 1. The summed E-state index contributed by atoms with van der Waals surface area (Å²) in [5.74, 6) is -16.0. The first-order chi connectivity index (χ1) is 38.5. The molecule has 1 aliphatic heterocycles. The van der Waals surface area contributed by atoms with Gasteiger partial charge in [0.1, 0.15) is 54.1 Å². The Morgan fingerprint density at radius 2 is 0.951 bits per heavy atom. The van der Waals surface area contributed by atoms with Gasteiger partial charge in [-0.3, -0.25) is 67.1 Å². The molecule has 2 rings (SSSR count). The van der Waals surface area contributed by atoms with Crippen molar-refractivity contribution in [1.82, 2.24) is 47.4 Å². The van der Waals surface area contributed by atoms with Gasteiger partial charge in [0.25, 0.3) is 0 Å². The molecule has 1 aromatic rings. The third kappa shape index (κ3) is 24.5. The maximum Gasteiger partial charge on any atom is 0.303 e. The van der Waals surface area contributed by atoms with E-state index in [1.807, 2.05) is 0 Å². The highest BCUT2D eigenvalue weighted by molar-refractivity contribution is 5.99. The second kappa shape index (κ2) is 34.6. The number of carboxylic acids is 4. The molecule has 10 amide bonds. The van der Waals surface area contributed by atoms with E-state index in [4.69, 9.17) is 16.6 Å². The number of rotatable bonds is 38. The van der Waals surface area contributed by atoms with Gasteiger partial charge in [-0.1, -0.05) is 46.2 Å². The van der Waals surface area contributed by atoms with E-state index in [9.17, 15) is 87.5 Å². The Balaban J connectivity index is 2.50. The van der Waals surface area contributed by atoms with Crippen LogP contribution in [0, 0.1) is 11.8 Å². The maximum atomic E-state index is 14.5. The number of nitrogens with one attached hydrogen (secondary N) is 8. The van der Waals surface area contributed by atoms with Crippen molar-refractivity contribution in [2.45, 2.75) is 178 Å². The Labute approximate surface area is 472 Å². The molecule has 0 radical (unpaired) electrons. The van der Waals surface area contributed by atoms with Crippen molar-refractivity contribution < 1.29 is 92.7 Å². The quantitative estimate of drug-likeness (QED) is 0.0318. The molecule has 1 saturated heterocycles. The maximum absolute atomic E-state index is 14.5. The minimum Gasteiger partial charge on any atom is -0.508 e. The molecule has 17 N–H and O–H groups in total. The lowest BCUT2D eigenvalue weighted by atomic mass is 9.96. The number of aliphatic carboxylic acids is 4. The number of hydrogen-bond donors (Lipinski definition) is 15. The number of carbonyl (C=O) groups is 14. The van der Waals surface area contributed by atoms with Crippen LogP contribution in [0.4, 0.5) is 0 Å². The molecule has 0 saturated carbocycles. The molecular weight excluding hydrogens is 1080 g/mol. The van der Waals surface area contributed by atoms with Gasteiger partial charge < -0.3 is 84.4 Å². The second-order valence-corrected chi connectivity index (χ2v) is 20.4. The number of likely N-dealkylation sites (tertiary alicyclic amines) is 1. The average Bonchev–Trinajstić information content (AvgIpc) is 4.07. The smallest absolute Gasteiger partial charge is 0.303 e. The molecule has 1 fully saturated rings. The fourth-order valence-electron chi connectivity index (χ4n) is 8.68. The van der Waals surface area contributed by atoms with E-state index in [0.29, 0.717) is 5.56 Å². The van der Waals surface area contributed by atoms with Crippen LogP contribution in [0.25, 0.3) is 0 Å². The van der Waals surface area contributed by atoms with Crippen LogP contribution < -0.4 is 54.0 Å². The van der Waals surface area contributed by atoms with Gasteiger partial charge in [-0.25, -0.2) is 0 Å². The first-order valence-corrected chi connectivity index (χ1v) is 26.8. The number of primary amides is 2. The van der Waals surface area contributed by atoms with Gasteiger partial charge in [-0.2, -0.15) is 0 Å². The summed E-state index contributed by atoms with van der Waals surface area (Å²) in [4.78, 5) is 183. The number of amides is 10. The number of likely N-dealkylation sites (N-methyl/N-ethyl adjacent to an activating group) is 1. The SMILES string of the molecule is CCC(C)C(NC(=O)C(CCC(=O)O)NC(=O)C(CCC(=O)O)NC)C(=O)N1CCCC1C(=O)NC(CCC(=O)O)C(=O)NC(CCC(=O)O)C(=O)NC(Cc1ccc(O)cc1)C(=O)NC(CC(C)C)C(=O)NC(CCC(N)=O)C(N)=O. The molecule has 1 heterocycles. The van der Waals surface area contributed by atoms with Crippen molar-refractivity contribution in [2.75, 3.05) is 13.6 Å². The predicted octanol–water partition coefficient (Wildman–Crippen LogP) is -2.79. The van der Waals surface area contributed by atoms with Gasteiger partial charge >= 0.3 is 23.9 Å². The summed E-state index contributed by atoms with van der Waals surface area (Å²) in [6.45, 7) is 6.68. The van der Waals surface area contributed by atoms with Gasteiger partial charge in [0.05, 0.1) is 6.04 Å². The highest BCUT2D eigenvalue weighted by Gasteiger charge is 2.42. The third-order valence-corrected chi connectivity index (χ3v) is 13.5. The van der Waals surface area contributed by atoms with Gasteiger partial charge in [0.15, 0.2) is 0 Å². The van der Waals surface area contributed by atoms with E-state index < -0.39 is 188 Å². The lowest BCUT2D eigenvalue weighted by molar-refractivity contribution is -0.144. The molecule has 0 aromatic heterocycles. The summed E-state index contributed by atoms with van der Waals surface area (Å²) in [5.41, 5.74) is 11.0. The van der Waals surface area contributed by atoms with E-state index >= 15 is 0 Å². The van der Waals surface area contributed by atoms with Crippen molar-refractivity contribution in [1.29, 1.82) is 0 Å². The largest absolute Gasteiger partial charge is 0.508 e. The normalized spacial score (nSPS) is 16.2. The van der Waals surface area contributed by atoms with E-state index in [1.54, 1.807) is 27.7 Å². The highest BCUT2D eigenvalue weighted by Crippen LogP contribution is 2.23. The lowest BCUT2D eigenvalue weighted by Gasteiger charge is -2.33. The lowest BCUT2D eigenvalue weighted by Crippen LogP contribution is -2.61. The number of benzene rings is 1. The molecule has 0 aliphatic carbocycles. The third-order valence-electron chi connectivity index (χ3n) is 13.5. The van der Waals surface area contributed by atoms with Gasteiger partial charge in [-0.15, -0.1) is 0 Å². The van der Waals surface area contributed by atoms with Crippen molar-refractivity contribution in [3.8, 4) is 5.75 Å². The van der Waals surface area contributed by atoms with Crippen LogP contribution >= 0.6 is 0 Å². The Morgan fingerprint density at radius 1 is 0.549 bits per heavy atom. The molecule has 10 atom stereocenters. The zero-order chi connectivity index (χ0) is 62.0. The fourth-order valence-corrected chi connectivity index (χ4v) is 8.68. The zero-order valence-corrected chi connectivity index (χ0v) is 46.5. The Kier molecular flexibility index (Phi) is 29.4. The van der Waals surface area contributed by atoms with E-state index in [2.05, 4.69) is 42.5 Å². The minimum atomic E-state index is -1.80. The summed E-state index contributed by atoms with van der Waals surface area (Å²) in [5, 5.41) is 67.7. The number of phenolic OH excluding ortho intramolecular Hbond substituents is 1. The van der Waals surface area contributed by atoms with Crippen molar-refractivity contribution in [3.05, 3.63) is 29.8 Å². The predicted molar refractivity (Wildman–Crippen MR) is 287 cm³/mol. The summed E-state index contributed by atoms with van der Waals surface area (Å²) in [6.07, 6.45) is -4.81. The molecule has 82 heavy (non-hydrogen) atoms. The summed E-state index contributed by atoms with van der Waals surface area (Å²) < 4.78 is 0. The topological polar surface area (TPSA) is 492 Å². The van der Waals surface area contributed by atoms with Gasteiger partial charge in [0, 0.05) is 45.1 Å². The van der Waals surface area contributed by atoms with E-state index in [1.165, 1.54) is 31.3 Å². The first kappa shape index (κ1) is 69.7. The average molecular weight is 1160 g/mol. The van der Waals surface area contributed by atoms with E-state index in [0.717, 1.165) is 4.90 Å². The number of nitrogens with zero attached hydrogens (tertiary/aromatic N) is 1. The number of hydrogen-bond acceptors (Lipinski definition) is 16. The van der Waals surface area contributed by atoms with Crippen LogP contribution in [-0.4, -0.2) is 181 Å². The monoisotopic (exact) mass is 1160 g/mol. The first-order valence-electron chi connectivity index (χ1n) is 26.8. The molecule has 1 aliphatic rings.